The SMILES string of the molecule is COCCOCCOCCOCCOCCOCCOCCOc1c(I)cc(I)c(-c2c(I)cc(I)c(OCCOCCOCCOCCOCCOCCOCCOC)c2I)c1I. The molecule has 2 rings (SSSR count). The van der Waals surface area contributed by atoms with Crippen LogP contribution in [0.2, 0.25) is 0 Å². The maximum Gasteiger partial charge on any atom is 0.146 e. The highest BCUT2D eigenvalue weighted by Gasteiger charge is 2.24. The van der Waals surface area contributed by atoms with Crippen molar-refractivity contribution in [3.63, 3.8) is 0 Å². The molecule has 2 aromatic rings. The third kappa shape index (κ3) is 29.9. The van der Waals surface area contributed by atoms with E-state index in [4.69, 9.17) is 75.8 Å². The van der Waals surface area contributed by atoms with Gasteiger partial charge in [-0.2, -0.15) is 0 Å². The van der Waals surface area contributed by atoms with Gasteiger partial charge in [0.15, 0.2) is 0 Å². The highest BCUT2D eigenvalue weighted by molar-refractivity contribution is 14.1. The lowest BCUT2D eigenvalue weighted by atomic mass is 10.1. The second kappa shape index (κ2) is 43.6. The molecule has 0 bridgehead atoms. The summed E-state index contributed by atoms with van der Waals surface area (Å²) in [5.74, 6) is 1.68. The van der Waals surface area contributed by atoms with E-state index < -0.39 is 0 Å². The molecule has 0 fully saturated rings. The Morgan fingerprint density at radius 1 is 0.266 bits per heavy atom. The molecule has 22 heteroatoms. The monoisotopic (exact) mass is 1590 g/mol. The van der Waals surface area contributed by atoms with Crippen molar-refractivity contribution in [2.45, 2.75) is 0 Å². The summed E-state index contributed by atoms with van der Waals surface area (Å²) < 4.78 is 95.4. The number of ether oxygens (including phenoxy) is 16. The lowest BCUT2D eigenvalue weighted by Crippen LogP contribution is -2.15. The standard InChI is InChI=1S/C42H64I6O16/c1-49-3-5-51-7-9-53-11-13-55-15-17-57-19-21-59-23-25-61-27-29-63-41-35(45)31-33(43)37(39(41)47)38-34(44)32-36(46)42(40(38)48)64-30-28-62-26-24-60-22-20-58-18-16-56-14-12-54-10-8-52-6-4-50-2/h31-32H,3-30H2,1-2H3. The van der Waals surface area contributed by atoms with Crippen molar-refractivity contribution in [3.05, 3.63) is 33.6 Å². The second-order valence-electron chi connectivity index (χ2n) is 12.7. The summed E-state index contributed by atoms with van der Waals surface area (Å²) in [6, 6.07) is 4.30. The summed E-state index contributed by atoms with van der Waals surface area (Å²) in [5.41, 5.74) is 2.23. The van der Waals surface area contributed by atoms with Crippen LogP contribution in [-0.4, -0.2) is 199 Å². The Morgan fingerprint density at radius 3 is 0.656 bits per heavy atom. The average molecular weight is 1590 g/mol. The van der Waals surface area contributed by atoms with E-state index >= 15 is 0 Å². The molecule has 64 heavy (non-hydrogen) atoms. The Morgan fingerprint density at radius 2 is 0.453 bits per heavy atom. The summed E-state index contributed by atoms with van der Waals surface area (Å²) in [5, 5.41) is 0. The summed E-state index contributed by atoms with van der Waals surface area (Å²) in [4.78, 5) is 0. The predicted octanol–water partition coefficient (Wildman–Crippen LogP) is 7.23. The van der Waals surface area contributed by atoms with Crippen LogP contribution >= 0.6 is 136 Å². The predicted molar refractivity (Wildman–Crippen MR) is 293 cm³/mol. The number of halogens is 6. The zero-order valence-corrected chi connectivity index (χ0v) is 49.7. The third-order valence-electron chi connectivity index (χ3n) is 8.04. The average Bonchev–Trinajstić information content (AvgIpc) is 3.27. The van der Waals surface area contributed by atoms with Gasteiger partial charge in [-0.15, -0.1) is 0 Å². The molecule has 2 aromatic carbocycles. The normalized spacial score (nSPS) is 11.6. The van der Waals surface area contributed by atoms with E-state index in [0.29, 0.717) is 185 Å². The first-order valence-electron chi connectivity index (χ1n) is 20.8. The maximum absolute atomic E-state index is 6.31. The quantitative estimate of drug-likeness (QED) is 0.0485. The Labute approximate surface area is 461 Å². The molecule has 0 spiro atoms. The number of hydrogen-bond donors (Lipinski definition) is 0. The van der Waals surface area contributed by atoms with Gasteiger partial charge in [-0.1, -0.05) is 0 Å². The van der Waals surface area contributed by atoms with Crippen LogP contribution in [-0.2, 0) is 66.3 Å². The van der Waals surface area contributed by atoms with Gasteiger partial charge in [-0.3, -0.25) is 0 Å². The molecule has 0 aliphatic rings. The van der Waals surface area contributed by atoms with E-state index in [1.54, 1.807) is 14.2 Å². The summed E-state index contributed by atoms with van der Waals surface area (Å²) in [6.45, 7) is 14.1. The fourth-order valence-electron chi connectivity index (χ4n) is 4.96. The zero-order valence-electron chi connectivity index (χ0n) is 36.8. The van der Waals surface area contributed by atoms with Crippen LogP contribution in [0.5, 0.6) is 11.5 Å². The van der Waals surface area contributed by atoms with Crippen molar-refractivity contribution in [3.8, 4) is 22.6 Å². The number of hydrogen-bond acceptors (Lipinski definition) is 16. The molecule has 0 unspecified atom stereocenters. The lowest BCUT2D eigenvalue weighted by molar-refractivity contribution is -0.0199. The Hall–Kier alpha value is 1.86. The molecule has 0 amide bonds. The molecule has 370 valence electrons. The van der Waals surface area contributed by atoms with Gasteiger partial charge in [0.25, 0.3) is 0 Å². The van der Waals surface area contributed by atoms with Gasteiger partial charge in [0.1, 0.15) is 24.7 Å². The van der Waals surface area contributed by atoms with Gasteiger partial charge in [0.05, 0.1) is 186 Å². The fraction of sp³-hybridized carbons (Fsp3) is 0.714. The summed E-state index contributed by atoms with van der Waals surface area (Å²) in [6.07, 6.45) is 0. The van der Waals surface area contributed by atoms with Crippen LogP contribution < -0.4 is 9.47 Å². The number of methoxy groups -OCH3 is 2. The van der Waals surface area contributed by atoms with Gasteiger partial charge < -0.3 is 75.8 Å². The van der Waals surface area contributed by atoms with Gasteiger partial charge in [0, 0.05) is 32.5 Å². The van der Waals surface area contributed by atoms with E-state index in [1.807, 2.05) is 0 Å². The van der Waals surface area contributed by atoms with Crippen LogP contribution in [0.4, 0.5) is 0 Å². The molecule has 0 saturated heterocycles. The van der Waals surface area contributed by atoms with Gasteiger partial charge >= 0.3 is 0 Å². The van der Waals surface area contributed by atoms with Gasteiger partial charge in [0.2, 0.25) is 0 Å². The molecule has 0 aliphatic carbocycles. The highest BCUT2D eigenvalue weighted by atomic mass is 127. The first-order chi connectivity index (χ1) is 31.3. The largest absolute Gasteiger partial charge is 0.489 e. The molecule has 0 heterocycles. The second-order valence-corrected chi connectivity index (χ2v) is 19.6. The van der Waals surface area contributed by atoms with Crippen LogP contribution in [0.1, 0.15) is 0 Å². The Balaban J connectivity index is 1.59. The van der Waals surface area contributed by atoms with Crippen LogP contribution in [0.25, 0.3) is 11.1 Å². The number of benzene rings is 2. The van der Waals surface area contributed by atoms with Crippen molar-refractivity contribution in [2.24, 2.45) is 0 Å². The van der Waals surface area contributed by atoms with Crippen LogP contribution in [0, 0.1) is 21.4 Å². The molecule has 0 aliphatic heterocycles. The van der Waals surface area contributed by atoms with Crippen molar-refractivity contribution in [2.75, 3.05) is 199 Å². The molecular weight excluding hydrogens is 1520 g/mol. The molecule has 0 N–H and O–H groups in total. The summed E-state index contributed by atoms with van der Waals surface area (Å²) in [7, 11) is 3.30. The van der Waals surface area contributed by atoms with Crippen molar-refractivity contribution >= 4 is 136 Å². The molecule has 0 radical (unpaired) electrons. The molecule has 16 nitrogen and oxygen atoms in total. The third-order valence-corrected chi connectivity index (χ3v) is 13.4. The van der Waals surface area contributed by atoms with Crippen LogP contribution in [0.15, 0.2) is 12.1 Å². The van der Waals surface area contributed by atoms with E-state index in [9.17, 15) is 0 Å². The highest BCUT2D eigenvalue weighted by Crippen LogP contribution is 2.45. The van der Waals surface area contributed by atoms with E-state index in [2.05, 4.69) is 148 Å². The van der Waals surface area contributed by atoms with E-state index in [0.717, 1.165) is 44.0 Å². The maximum atomic E-state index is 6.31. The van der Waals surface area contributed by atoms with Crippen molar-refractivity contribution < 1.29 is 75.8 Å². The fourth-order valence-corrected chi connectivity index (χ4v) is 13.4. The molecule has 0 saturated carbocycles. The topological polar surface area (TPSA) is 148 Å². The van der Waals surface area contributed by atoms with Crippen molar-refractivity contribution in [1.29, 1.82) is 0 Å². The molecule has 0 aromatic heterocycles. The van der Waals surface area contributed by atoms with Gasteiger partial charge in [-0.25, -0.2) is 0 Å². The first kappa shape index (κ1) is 62.0. The molecular formula is C42H64I6O16. The Kier molecular flexibility index (Phi) is 42.3. The zero-order chi connectivity index (χ0) is 46.3. The molecule has 0 atom stereocenters. The minimum atomic E-state index is 0.413. The number of rotatable bonds is 45. The van der Waals surface area contributed by atoms with Gasteiger partial charge in [-0.05, 0) is 148 Å². The van der Waals surface area contributed by atoms with Crippen molar-refractivity contribution in [1.82, 2.24) is 0 Å². The van der Waals surface area contributed by atoms with E-state index in [-0.39, 0.29) is 0 Å². The smallest absolute Gasteiger partial charge is 0.146 e. The lowest BCUT2D eigenvalue weighted by Gasteiger charge is -2.20. The minimum absolute atomic E-state index is 0.413. The van der Waals surface area contributed by atoms with E-state index in [1.165, 1.54) is 0 Å². The van der Waals surface area contributed by atoms with Crippen LogP contribution in [0.3, 0.4) is 0 Å². The minimum Gasteiger partial charge on any atom is -0.489 e. The Bertz CT molecular complexity index is 1350. The summed E-state index contributed by atoms with van der Waals surface area (Å²) >= 11 is 14.3. The first-order valence-corrected chi connectivity index (χ1v) is 27.3.